The van der Waals surface area contributed by atoms with Gasteiger partial charge in [-0.05, 0) is 43.8 Å². The Labute approximate surface area is 109 Å². The Morgan fingerprint density at radius 2 is 1.94 bits per heavy atom. The number of hydrogen-bond acceptors (Lipinski definition) is 3. The number of nitrogens with one attached hydrogen (secondary N) is 1. The summed E-state index contributed by atoms with van der Waals surface area (Å²) in [6.45, 7) is 4.58. The maximum Gasteiger partial charge on any atom is 0.0366 e. The molecule has 0 saturated carbocycles. The monoisotopic (exact) mass is 250 g/mol. The average molecular weight is 250 g/mol. The fourth-order valence-electron chi connectivity index (χ4n) is 2.14. The van der Waals surface area contributed by atoms with Crippen molar-refractivity contribution in [2.45, 2.75) is 19.4 Å². The third kappa shape index (κ3) is 3.39. The highest BCUT2D eigenvalue weighted by atomic mass is 32.2. The Morgan fingerprint density at radius 3 is 2.65 bits per heavy atom. The minimum Gasteiger partial charge on any atom is -0.371 e. The van der Waals surface area contributed by atoms with Crippen molar-refractivity contribution in [3.05, 3.63) is 29.8 Å². The molecule has 0 aliphatic carbocycles. The molecule has 0 spiro atoms. The van der Waals surface area contributed by atoms with Crippen molar-refractivity contribution < 1.29 is 0 Å². The van der Waals surface area contributed by atoms with E-state index in [-0.39, 0.29) is 0 Å². The normalized spacial score (nSPS) is 18.8. The second-order valence-corrected chi connectivity index (χ2v) is 5.78. The first-order valence-corrected chi connectivity index (χ1v) is 7.56. The molecule has 0 bridgehead atoms. The molecule has 0 amide bonds. The van der Waals surface area contributed by atoms with E-state index in [1.807, 2.05) is 7.05 Å². The predicted molar refractivity (Wildman–Crippen MR) is 78.1 cm³/mol. The van der Waals surface area contributed by atoms with Gasteiger partial charge in [0.15, 0.2) is 0 Å². The Kier molecular flexibility index (Phi) is 4.75. The molecule has 1 atom stereocenters. The number of nitrogens with zero attached hydrogens (tertiary/aromatic N) is 1. The quantitative estimate of drug-likeness (QED) is 0.888. The Balaban J connectivity index is 2.05. The first-order valence-electron chi connectivity index (χ1n) is 6.41. The van der Waals surface area contributed by atoms with E-state index in [9.17, 15) is 0 Å². The predicted octanol–water partition coefficient (Wildman–Crippen LogP) is 2.91. The van der Waals surface area contributed by atoms with Crippen molar-refractivity contribution in [2.75, 3.05) is 36.5 Å². The molecule has 0 radical (unpaired) electrons. The van der Waals surface area contributed by atoms with Crippen molar-refractivity contribution in [1.82, 2.24) is 5.32 Å². The van der Waals surface area contributed by atoms with Crippen LogP contribution in [-0.4, -0.2) is 31.6 Å². The minimum absolute atomic E-state index is 0.434. The largest absolute Gasteiger partial charge is 0.371 e. The smallest absolute Gasteiger partial charge is 0.0366 e. The van der Waals surface area contributed by atoms with Gasteiger partial charge in [0.2, 0.25) is 0 Å². The summed E-state index contributed by atoms with van der Waals surface area (Å²) >= 11 is 2.07. The third-order valence-corrected chi connectivity index (χ3v) is 4.46. The van der Waals surface area contributed by atoms with Gasteiger partial charge in [0.1, 0.15) is 0 Å². The van der Waals surface area contributed by atoms with E-state index in [0.29, 0.717) is 6.04 Å². The molecule has 17 heavy (non-hydrogen) atoms. The molecule has 3 heteroatoms. The van der Waals surface area contributed by atoms with Crippen LogP contribution in [0.25, 0.3) is 0 Å². The summed E-state index contributed by atoms with van der Waals surface area (Å²) in [5.74, 6) is 2.57. The molecular formula is C14H22N2S. The molecule has 1 aromatic carbocycles. The summed E-state index contributed by atoms with van der Waals surface area (Å²) in [4.78, 5) is 2.51. The molecule has 1 N–H and O–H groups in total. The van der Waals surface area contributed by atoms with Gasteiger partial charge in [-0.25, -0.2) is 0 Å². The second-order valence-electron chi connectivity index (χ2n) is 4.55. The summed E-state index contributed by atoms with van der Waals surface area (Å²) in [6.07, 6.45) is 1.30. The Bertz CT molecular complexity index is 329. The standard InChI is InChI=1S/C14H22N2S/c1-12(15-2)13-4-6-14(7-5-13)16-8-3-10-17-11-9-16/h4-7,12,15H,3,8-11H2,1-2H3. The van der Waals surface area contributed by atoms with Gasteiger partial charge in [-0.15, -0.1) is 0 Å². The van der Waals surface area contributed by atoms with Gasteiger partial charge in [-0.2, -0.15) is 11.8 Å². The third-order valence-electron chi connectivity index (χ3n) is 3.41. The van der Waals surface area contributed by atoms with E-state index in [4.69, 9.17) is 0 Å². The maximum atomic E-state index is 3.27. The van der Waals surface area contributed by atoms with Gasteiger partial charge >= 0.3 is 0 Å². The van der Waals surface area contributed by atoms with Gasteiger partial charge < -0.3 is 10.2 Å². The van der Waals surface area contributed by atoms with Crippen LogP contribution in [0.2, 0.25) is 0 Å². The molecule has 1 aromatic rings. The van der Waals surface area contributed by atoms with E-state index in [2.05, 4.69) is 53.2 Å². The van der Waals surface area contributed by atoms with Gasteiger partial charge in [-0.3, -0.25) is 0 Å². The van der Waals surface area contributed by atoms with E-state index < -0.39 is 0 Å². The minimum atomic E-state index is 0.434. The zero-order chi connectivity index (χ0) is 12.1. The highest BCUT2D eigenvalue weighted by molar-refractivity contribution is 7.99. The SMILES string of the molecule is CNC(C)c1ccc(N2CCCSCC2)cc1. The first-order chi connectivity index (χ1) is 8.31. The molecule has 1 aliphatic rings. The molecule has 2 rings (SSSR count). The van der Waals surface area contributed by atoms with Crippen LogP contribution in [0.3, 0.4) is 0 Å². The summed E-state index contributed by atoms with van der Waals surface area (Å²) < 4.78 is 0. The first kappa shape index (κ1) is 12.8. The fraction of sp³-hybridized carbons (Fsp3) is 0.571. The molecule has 1 unspecified atom stereocenters. The van der Waals surface area contributed by atoms with Crippen LogP contribution < -0.4 is 10.2 Å². The summed E-state index contributed by atoms with van der Waals surface area (Å²) in [6, 6.07) is 9.45. The van der Waals surface area contributed by atoms with Crippen molar-refractivity contribution >= 4 is 17.4 Å². The number of benzene rings is 1. The van der Waals surface area contributed by atoms with Crippen molar-refractivity contribution in [3.8, 4) is 0 Å². The van der Waals surface area contributed by atoms with Crippen LogP contribution in [0.1, 0.15) is 24.9 Å². The van der Waals surface area contributed by atoms with Crippen LogP contribution in [0.5, 0.6) is 0 Å². The highest BCUT2D eigenvalue weighted by Gasteiger charge is 2.10. The zero-order valence-corrected chi connectivity index (χ0v) is 11.6. The van der Waals surface area contributed by atoms with Gasteiger partial charge in [0.25, 0.3) is 0 Å². The van der Waals surface area contributed by atoms with Gasteiger partial charge in [0.05, 0.1) is 0 Å². The lowest BCUT2D eigenvalue weighted by molar-refractivity contribution is 0.652. The highest BCUT2D eigenvalue weighted by Crippen LogP contribution is 2.21. The van der Waals surface area contributed by atoms with Crippen molar-refractivity contribution in [1.29, 1.82) is 0 Å². The number of thioether (sulfide) groups is 1. The summed E-state index contributed by atoms with van der Waals surface area (Å²) in [7, 11) is 2.00. The van der Waals surface area contributed by atoms with E-state index in [1.165, 1.54) is 42.3 Å². The molecule has 1 fully saturated rings. The molecule has 2 nitrogen and oxygen atoms in total. The van der Waals surface area contributed by atoms with Crippen LogP contribution >= 0.6 is 11.8 Å². The van der Waals surface area contributed by atoms with E-state index in [1.54, 1.807) is 0 Å². The van der Waals surface area contributed by atoms with E-state index in [0.717, 1.165) is 0 Å². The number of hydrogen-bond donors (Lipinski definition) is 1. The van der Waals surface area contributed by atoms with Crippen molar-refractivity contribution in [2.24, 2.45) is 0 Å². The molecular weight excluding hydrogens is 228 g/mol. The molecule has 1 aliphatic heterocycles. The number of rotatable bonds is 3. The summed E-state index contributed by atoms with van der Waals surface area (Å²) in [5.41, 5.74) is 2.74. The Hall–Kier alpha value is -0.670. The second kappa shape index (κ2) is 6.31. The maximum absolute atomic E-state index is 3.27. The van der Waals surface area contributed by atoms with Crippen LogP contribution in [0, 0.1) is 0 Å². The zero-order valence-electron chi connectivity index (χ0n) is 10.8. The molecule has 0 aromatic heterocycles. The van der Waals surface area contributed by atoms with Crippen molar-refractivity contribution in [3.63, 3.8) is 0 Å². The molecule has 1 saturated heterocycles. The topological polar surface area (TPSA) is 15.3 Å². The van der Waals surface area contributed by atoms with Gasteiger partial charge in [0, 0.05) is 30.6 Å². The fourth-order valence-corrected chi connectivity index (χ4v) is 3.03. The van der Waals surface area contributed by atoms with Gasteiger partial charge in [-0.1, -0.05) is 12.1 Å². The van der Waals surface area contributed by atoms with Crippen LogP contribution in [0.15, 0.2) is 24.3 Å². The lowest BCUT2D eigenvalue weighted by Crippen LogP contribution is -2.25. The van der Waals surface area contributed by atoms with E-state index >= 15 is 0 Å². The molecule has 1 heterocycles. The van der Waals surface area contributed by atoms with Crippen LogP contribution in [-0.2, 0) is 0 Å². The molecule has 94 valence electrons. The van der Waals surface area contributed by atoms with Crippen LogP contribution in [0.4, 0.5) is 5.69 Å². The number of anilines is 1. The Morgan fingerprint density at radius 1 is 1.18 bits per heavy atom. The lowest BCUT2D eigenvalue weighted by Gasteiger charge is -2.23. The summed E-state index contributed by atoms with van der Waals surface area (Å²) in [5, 5.41) is 3.27. The average Bonchev–Trinajstić information content (AvgIpc) is 2.67. The lowest BCUT2D eigenvalue weighted by atomic mass is 10.1.